The minimum atomic E-state index is -0.563. The molecule has 1 aromatic heterocycles. The van der Waals surface area contributed by atoms with E-state index in [1.807, 2.05) is 32.0 Å². The molecule has 5 heteroatoms. The van der Waals surface area contributed by atoms with Crippen LogP contribution in [0.15, 0.2) is 30.6 Å². The van der Waals surface area contributed by atoms with Crippen molar-refractivity contribution >= 4 is 11.8 Å². The van der Waals surface area contributed by atoms with Crippen molar-refractivity contribution in [1.82, 2.24) is 9.97 Å². The molecular formula is C14H15N3O2. The summed E-state index contributed by atoms with van der Waals surface area (Å²) in [5, 5.41) is 0. The van der Waals surface area contributed by atoms with Crippen LogP contribution in [0.2, 0.25) is 0 Å². The molecule has 2 N–H and O–H groups in total. The van der Waals surface area contributed by atoms with Crippen molar-refractivity contribution in [2.75, 3.05) is 5.73 Å². The number of anilines is 1. The summed E-state index contributed by atoms with van der Waals surface area (Å²) in [4.78, 5) is 19.5. The van der Waals surface area contributed by atoms with Crippen molar-refractivity contribution in [2.45, 2.75) is 20.5 Å². The third-order valence-corrected chi connectivity index (χ3v) is 2.78. The van der Waals surface area contributed by atoms with Gasteiger partial charge in [0.15, 0.2) is 11.5 Å². The first-order chi connectivity index (χ1) is 9.08. The Labute approximate surface area is 111 Å². The van der Waals surface area contributed by atoms with Gasteiger partial charge in [0.1, 0.15) is 6.61 Å². The zero-order chi connectivity index (χ0) is 13.8. The molecule has 0 fully saturated rings. The minimum absolute atomic E-state index is 0.0489. The van der Waals surface area contributed by atoms with Crippen LogP contribution in [0.25, 0.3) is 0 Å². The highest BCUT2D eigenvalue weighted by atomic mass is 16.5. The Hall–Kier alpha value is -2.43. The van der Waals surface area contributed by atoms with E-state index >= 15 is 0 Å². The number of esters is 1. The molecule has 1 aromatic carbocycles. The fourth-order valence-electron chi connectivity index (χ4n) is 1.67. The van der Waals surface area contributed by atoms with Gasteiger partial charge in [0, 0.05) is 12.4 Å². The van der Waals surface area contributed by atoms with Crippen molar-refractivity contribution in [3.8, 4) is 0 Å². The zero-order valence-electron chi connectivity index (χ0n) is 10.9. The maximum atomic E-state index is 11.8. The first kappa shape index (κ1) is 13.0. The summed E-state index contributed by atoms with van der Waals surface area (Å²) < 4.78 is 5.21. The lowest BCUT2D eigenvalue weighted by atomic mass is 10.1. The molecule has 1 heterocycles. The lowest BCUT2D eigenvalue weighted by molar-refractivity contribution is 0.0466. The van der Waals surface area contributed by atoms with E-state index in [9.17, 15) is 4.79 Å². The Morgan fingerprint density at radius 2 is 2.00 bits per heavy atom. The van der Waals surface area contributed by atoms with E-state index in [0.717, 1.165) is 16.7 Å². The van der Waals surface area contributed by atoms with Crippen LogP contribution in [-0.2, 0) is 11.3 Å². The lowest BCUT2D eigenvalue weighted by Gasteiger charge is -2.08. The number of benzene rings is 1. The van der Waals surface area contributed by atoms with Gasteiger partial charge in [0.05, 0.1) is 0 Å². The average Bonchev–Trinajstić information content (AvgIpc) is 2.40. The van der Waals surface area contributed by atoms with E-state index in [1.54, 1.807) is 0 Å². The van der Waals surface area contributed by atoms with Crippen LogP contribution in [0.3, 0.4) is 0 Å². The van der Waals surface area contributed by atoms with Crippen LogP contribution in [0, 0.1) is 13.8 Å². The Morgan fingerprint density at radius 1 is 1.26 bits per heavy atom. The van der Waals surface area contributed by atoms with Crippen molar-refractivity contribution < 1.29 is 9.53 Å². The van der Waals surface area contributed by atoms with Crippen LogP contribution in [0.4, 0.5) is 5.82 Å². The van der Waals surface area contributed by atoms with Gasteiger partial charge in [-0.25, -0.2) is 14.8 Å². The van der Waals surface area contributed by atoms with Crippen molar-refractivity contribution in [2.24, 2.45) is 0 Å². The Balaban J connectivity index is 2.09. The third kappa shape index (κ3) is 3.07. The number of carbonyl (C=O) groups is 1. The summed E-state index contributed by atoms with van der Waals surface area (Å²) in [7, 11) is 0. The van der Waals surface area contributed by atoms with Gasteiger partial charge in [-0.1, -0.05) is 23.8 Å². The van der Waals surface area contributed by atoms with Gasteiger partial charge in [0.25, 0.3) is 0 Å². The third-order valence-electron chi connectivity index (χ3n) is 2.78. The molecule has 19 heavy (non-hydrogen) atoms. The molecule has 0 aliphatic rings. The number of rotatable bonds is 3. The second-order valence-electron chi connectivity index (χ2n) is 4.30. The number of hydrogen-bond donors (Lipinski definition) is 1. The summed E-state index contributed by atoms with van der Waals surface area (Å²) in [6.45, 7) is 4.16. The number of nitrogen functional groups attached to an aromatic ring is 1. The van der Waals surface area contributed by atoms with Gasteiger partial charge in [-0.15, -0.1) is 0 Å². The SMILES string of the molecule is Cc1ccc(C)c(COC(=O)c2nccnc2N)c1. The second kappa shape index (κ2) is 5.48. The number of hydrogen-bond acceptors (Lipinski definition) is 5. The van der Waals surface area contributed by atoms with Gasteiger partial charge < -0.3 is 10.5 Å². The standard InChI is InChI=1S/C14H15N3O2/c1-9-3-4-10(2)11(7-9)8-19-14(18)12-13(15)17-6-5-16-12/h3-7H,8H2,1-2H3,(H2,15,17). The largest absolute Gasteiger partial charge is 0.456 e. The minimum Gasteiger partial charge on any atom is -0.456 e. The summed E-state index contributed by atoms with van der Waals surface area (Å²) in [6, 6.07) is 6.00. The quantitative estimate of drug-likeness (QED) is 0.851. The molecule has 2 rings (SSSR count). The van der Waals surface area contributed by atoms with E-state index < -0.39 is 5.97 Å². The number of nitrogens with zero attached hydrogens (tertiary/aromatic N) is 2. The topological polar surface area (TPSA) is 78.1 Å². The van der Waals surface area contributed by atoms with Crippen LogP contribution >= 0.6 is 0 Å². The Kier molecular flexibility index (Phi) is 3.75. The van der Waals surface area contributed by atoms with Crippen molar-refractivity contribution in [3.05, 3.63) is 53.0 Å². The molecular weight excluding hydrogens is 242 g/mol. The molecule has 5 nitrogen and oxygen atoms in total. The maximum Gasteiger partial charge on any atom is 0.361 e. The maximum absolute atomic E-state index is 11.8. The van der Waals surface area contributed by atoms with Gasteiger partial charge in [-0.2, -0.15) is 0 Å². The van der Waals surface area contributed by atoms with Crippen LogP contribution in [0.5, 0.6) is 0 Å². The van der Waals surface area contributed by atoms with E-state index in [1.165, 1.54) is 12.4 Å². The highest BCUT2D eigenvalue weighted by Gasteiger charge is 2.14. The molecule has 0 spiro atoms. The Morgan fingerprint density at radius 3 is 2.74 bits per heavy atom. The van der Waals surface area contributed by atoms with Gasteiger partial charge in [-0.3, -0.25) is 0 Å². The van der Waals surface area contributed by atoms with Gasteiger partial charge >= 0.3 is 5.97 Å². The predicted molar refractivity (Wildman–Crippen MR) is 71.5 cm³/mol. The predicted octanol–water partition coefficient (Wildman–Crippen LogP) is 2.03. The number of carbonyl (C=O) groups excluding carboxylic acids is 1. The number of aryl methyl sites for hydroxylation is 2. The Bertz CT molecular complexity index is 611. The van der Waals surface area contributed by atoms with Crippen LogP contribution < -0.4 is 5.73 Å². The molecule has 0 saturated heterocycles. The summed E-state index contributed by atoms with van der Waals surface area (Å²) in [6.07, 6.45) is 2.84. The van der Waals surface area contributed by atoms with Gasteiger partial charge in [0.2, 0.25) is 0 Å². The number of nitrogens with two attached hydrogens (primary N) is 1. The fraction of sp³-hybridized carbons (Fsp3) is 0.214. The fourth-order valence-corrected chi connectivity index (χ4v) is 1.67. The van der Waals surface area contributed by atoms with Crippen molar-refractivity contribution in [3.63, 3.8) is 0 Å². The van der Waals surface area contributed by atoms with E-state index in [4.69, 9.17) is 10.5 Å². The molecule has 2 aromatic rings. The highest BCUT2D eigenvalue weighted by Crippen LogP contribution is 2.13. The molecule has 0 radical (unpaired) electrons. The first-order valence-corrected chi connectivity index (χ1v) is 5.87. The molecule has 0 amide bonds. The first-order valence-electron chi connectivity index (χ1n) is 5.87. The summed E-state index contributed by atoms with van der Waals surface area (Å²) >= 11 is 0. The molecule has 0 aliphatic carbocycles. The summed E-state index contributed by atoms with van der Waals surface area (Å²) in [5.74, 6) is -0.486. The summed E-state index contributed by atoms with van der Waals surface area (Å²) in [5.41, 5.74) is 8.78. The van der Waals surface area contributed by atoms with Gasteiger partial charge in [-0.05, 0) is 25.0 Å². The number of aromatic nitrogens is 2. The number of ether oxygens (including phenoxy) is 1. The zero-order valence-corrected chi connectivity index (χ0v) is 10.9. The van der Waals surface area contributed by atoms with E-state index in [0.29, 0.717) is 0 Å². The molecule has 98 valence electrons. The van der Waals surface area contributed by atoms with Crippen LogP contribution in [-0.4, -0.2) is 15.9 Å². The molecule has 0 saturated carbocycles. The van der Waals surface area contributed by atoms with E-state index in [2.05, 4.69) is 9.97 Å². The van der Waals surface area contributed by atoms with Crippen LogP contribution in [0.1, 0.15) is 27.2 Å². The second-order valence-corrected chi connectivity index (χ2v) is 4.30. The normalized spacial score (nSPS) is 10.2. The van der Waals surface area contributed by atoms with Crippen molar-refractivity contribution in [1.29, 1.82) is 0 Å². The molecule has 0 atom stereocenters. The highest BCUT2D eigenvalue weighted by molar-refractivity contribution is 5.91. The molecule has 0 aliphatic heterocycles. The smallest absolute Gasteiger partial charge is 0.361 e. The molecule has 0 unspecified atom stereocenters. The monoisotopic (exact) mass is 257 g/mol. The molecule has 0 bridgehead atoms. The lowest BCUT2D eigenvalue weighted by Crippen LogP contribution is -2.11. The average molecular weight is 257 g/mol. The van der Waals surface area contributed by atoms with E-state index in [-0.39, 0.29) is 18.1 Å².